The molecule has 1 aliphatic heterocycles. The lowest BCUT2D eigenvalue weighted by Gasteiger charge is -2.59. The molecule has 4 aliphatic carbocycles. The minimum absolute atomic E-state index is 0.0173. The van der Waals surface area contributed by atoms with E-state index in [9.17, 15) is 72.5 Å². The Labute approximate surface area is 774 Å². The second-order valence-electron chi connectivity index (χ2n) is 39.8. The molecule has 36 heteroatoms. The average Bonchev–Trinajstić information content (AvgIpc) is 1.58. The average molecular weight is 1850 g/mol. The number of rotatable bonds is 30. The van der Waals surface area contributed by atoms with Crippen LogP contribution in [0.15, 0.2) is 36.0 Å². The second-order valence-corrected chi connectivity index (χ2v) is 39.8. The third-order valence-electron chi connectivity index (χ3n) is 27.2. The SMILES string of the molecule is C/C=C/C[C@@H](C)C(OC(=O)OCOC(=O)[C@H](N)CCCCNC(=O)CCC(=O)OCC(=O)[C@@]1(O)CCC2C3CCC4=CC(=O)C=C[C@]4(C)C3[C@@H](O)C[C@@]21C)C1C(=O)NC(CC)C(=O)N(C)CC(=O)N(C)[C@@H](CC(C)C)C(=O)NC(C(C)C)C(=O)N(C)C(CC(C)C)C(=O)NC(C)C(=O)NC(C)C(=O)N(C)C(CC(C)C)C(=O)N(C)C(CC(C)C)C(=O)N(C)C(C(C)C)C(=O)N1C. The zero-order chi connectivity index (χ0) is 99.3. The number of allylic oxidation sites excluding steroid dienone is 6. The molecule has 4 fully saturated rings. The Bertz CT molecular complexity index is 4170. The van der Waals surface area contributed by atoms with Crippen LogP contribution in [0.25, 0.3) is 0 Å². The van der Waals surface area contributed by atoms with Crippen molar-refractivity contribution in [3.63, 3.8) is 0 Å². The largest absolute Gasteiger partial charge is 0.511 e. The van der Waals surface area contributed by atoms with Gasteiger partial charge in [-0.25, -0.2) is 4.79 Å². The second kappa shape index (κ2) is 49.3. The van der Waals surface area contributed by atoms with E-state index in [0.29, 0.717) is 25.7 Å². The van der Waals surface area contributed by atoms with Gasteiger partial charge < -0.3 is 95.8 Å². The van der Waals surface area contributed by atoms with Gasteiger partial charge in [0, 0.05) is 79.0 Å². The Morgan fingerprint density at radius 2 is 1.15 bits per heavy atom. The molecular formula is C95H155N13O23. The number of nitrogens with two attached hydrogens (primary N) is 1. The first-order chi connectivity index (χ1) is 61.0. The zero-order valence-corrected chi connectivity index (χ0v) is 82.5. The van der Waals surface area contributed by atoms with Gasteiger partial charge in [0.1, 0.15) is 78.2 Å². The highest BCUT2D eigenvalue weighted by Gasteiger charge is 2.68. The van der Waals surface area contributed by atoms with Crippen LogP contribution < -0.4 is 32.3 Å². The lowest BCUT2D eigenvalue weighted by molar-refractivity contribution is -0.181. The van der Waals surface area contributed by atoms with E-state index in [1.807, 2.05) is 75.3 Å². The van der Waals surface area contributed by atoms with Crippen molar-refractivity contribution >= 4 is 101 Å². The lowest BCUT2D eigenvalue weighted by Crippen LogP contribution is -2.64. The fourth-order valence-corrected chi connectivity index (χ4v) is 19.5. The predicted octanol–water partition coefficient (Wildman–Crippen LogP) is 5.45. The summed E-state index contributed by atoms with van der Waals surface area (Å²) in [5.74, 6) is -15.3. The molecule has 5 aliphatic rings. The molecule has 0 spiro atoms. The number of hydrogen-bond donors (Lipinski definition) is 8. The monoisotopic (exact) mass is 1850 g/mol. The molecule has 0 aromatic heterocycles. The van der Waals surface area contributed by atoms with E-state index in [1.165, 1.54) is 84.0 Å². The van der Waals surface area contributed by atoms with Crippen LogP contribution in [-0.2, 0) is 95.7 Å². The maximum Gasteiger partial charge on any atom is 0.511 e. The van der Waals surface area contributed by atoms with Crippen LogP contribution >= 0.6 is 0 Å². The summed E-state index contributed by atoms with van der Waals surface area (Å²) in [6.07, 6.45) is 6.60. The number of aliphatic hydroxyl groups excluding tert-OH is 1. The van der Waals surface area contributed by atoms with Crippen LogP contribution in [0.3, 0.4) is 0 Å². The molecule has 0 radical (unpaired) electrons. The van der Waals surface area contributed by atoms with Crippen molar-refractivity contribution in [2.45, 2.75) is 319 Å². The van der Waals surface area contributed by atoms with Crippen molar-refractivity contribution in [2.24, 2.45) is 75.7 Å². The van der Waals surface area contributed by atoms with Crippen molar-refractivity contribution in [3.8, 4) is 0 Å². The summed E-state index contributed by atoms with van der Waals surface area (Å²) in [5, 5.41) is 37.5. The van der Waals surface area contributed by atoms with Gasteiger partial charge in [0.15, 0.2) is 12.4 Å². The Kier molecular flexibility index (Phi) is 42.1. The number of aliphatic hydroxyl groups is 2. The van der Waals surface area contributed by atoms with E-state index in [0.717, 1.165) is 25.2 Å². The number of hydrogen-bond acceptors (Lipinski definition) is 24. The molecule has 12 amide bonds. The maximum atomic E-state index is 15.9. The first-order valence-corrected chi connectivity index (χ1v) is 46.7. The molecular weight excluding hydrogens is 1690 g/mol. The smallest absolute Gasteiger partial charge is 0.458 e. The standard InChI is InChI=1S/C95H155N13O23/c1-27-29-32-58(15)80(131-92(126)130-51-129-91(125)65(96)33-30-31-42-97-73(112)36-37-75(114)128-50-72(111)95(127)41-39-64-63-35-34-61-47-62(109)38-40-93(61,18)76(63)71(110)48-94(64,95)19)79-84(118)100-66(28-2)86(120)102(20)49-74(113)103(21)67(43-52(3)4)83(117)101-77(56(11)12)89(123)104(22)68(44-53(5)6)82(116)98-59(16)81(115)99-60(17)85(119)105(23)69(45-54(7)8)87(121)106(24)70(46-55(9)10)88(122)107(25)78(57(13)14)90(124)108(79)26/h27,29,38,40,47,52-60,63-71,76-80,110,127H,28,30-37,39,41-46,48-51,96H2,1-26H3,(H,97,112)(H,98,116)(H,99,115)(H,100,118)(H,101,117)/b29-27+/t58-,59?,60?,63?,64?,65-,66?,67+,68?,69?,70?,71+,76?,77?,78?,79?,80?,93+,94+,95+/m1/s1. The van der Waals surface area contributed by atoms with Gasteiger partial charge in [0.2, 0.25) is 83.5 Å². The number of likely N-dealkylation sites (N-methyl/N-ethyl adjacent to an activating group) is 7. The zero-order valence-electron chi connectivity index (χ0n) is 82.5. The highest BCUT2D eigenvalue weighted by Crippen LogP contribution is 2.67. The number of amides is 12. The molecule has 9 N–H and O–H groups in total. The fraction of sp³-hybridized carbons (Fsp3) is 0.758. The van der Waals surface area contributed by atoms with E-state index in [1.54, 1.807) is 66.7 Å². The van der Waals surface area contributed by atoms with Gasteiger partial charge >= 0.3 is 18.1 Å². The first-order valence-electron chi connectivity index (χ1n) is 46.7. The van der Waals surface area contributed by atoms with E-state index < -0.39 is 228 Å². The third kappa shape index (κ3) is 28.4. The number of fused-ring (bicyclic) bond motifs is 5. The van der Waals surface area contributed by atoms with E-state index in [-0.39, 0.29) is 131 Å². The molecule has 13 unspecified atom stereocenters. The number of esters is 2. The van der Waals surface area contributed by atoms with Gasteiger partial charge in [-0.2, -0.15) is 0 Å². The highest BCUT2D eigenvalue weighted by atomic mass is 16.8. The number of carbonyl (C=O) groups excluding carboxylic acids is 17. The van der Waals surface area contributed by atoms with E-state index in [4.69, 9.17) is 24.7 Å². The Balaban J connectivity index is 1.40. The Morgan fingerprint density at radius 1 is 0.611 bits per heavy atom. The number of unbranched alkanes of at least 4 members (excludes halogenated alkanes) is 1. The van der Waals surface area contributed by atoms with Crippen molar-refractivity contribution in [1.29, 1.82) is 0 Å². The summed E-state index contributed by atoms with van der Waals surface area (Å²) in [5.41, 5.74) is 3.77. The molecule has 131 heavy (non-hydrogen) atoms. The van der Waals surface area contributed by atoms with Gasteiger partial charge in [0.25, 0.3) is 0 Å². The molecule has 20 atom stereocenters. The van der Waals surface area contributed by atoms with Crippen molar-refractivity contribution < 1.29 is 111 Å². The fourth-order valence-electron chi connectivity index (χ4n) is 19.5. The van der Waals surface area contributed by atoms with Crippen LogP contribution in [0.2, 0.25) is 0 Å². The van der Waals surface area contributed by atoms with Crippen LogP contribution in [-0.4, -0.2) is 305 Å². The van der Waals surface area contributed by atoms with Crippen LogP contribution in [0, 0.1) is 70.0 Å². The maximum absolute atomic E-state index is 15.9. The molecule has 738 valence electrons. The molecule has 36 nitrogen and oxygen atoms in total. The minimum Gasteiger partial charge on any atom is -0.458 e. The molecule has 1 saturated heterocycles. The van der Waals surface area contributed by atoms with Crippen molar-refractivity contribution in [2.75, 3.05) is 75.8 Å². The number of carbonyl (C=O) groups is 17. The first kappa shape index (κ1) is 112. The van der Waals surface area contributed by atoms with Gasteiger partial charge in [-0.05, 0) is 176 Å². The van der Waals surface area contributed by atoms with Gasteiger partial charge in [-0.3, -0.25) is 76.7 Å². The molecule has 3 saturated carbocycles. The number of nitrogens with one attached hydrogen (secondary N) is 5. The molecule has 0 bridgehead atoms. The number of nitrogens with zero attached hydrogens (tertiary/aromatic N) is 7. The van der Waals surface area contributed by atoms with E-state index >= 15 is 19.2 Å². The number of Topliss-reactive ketones (excluding diaryl/α,β-unsaturated/α-hetero) is 1. The predicted molar refractivity (Wildman–Crippen MR) is 488 cm³/mol. The highest BCUT2D eigenvalue weighted by molar-refractivity contribution is 6.02. The quantitative estimate of drug-likeness (QED) is 0.0146. The summed E-state index contributed by atoms with van der Waals surface area (Å²) >= 11 is 0. The Hall–Kier alpha value is -9.71. The summed E-state index contributed by atoms with van der Waals surface area (Å²) in [4.78, 5) is 252. The minimum atomic E-state index is -1.92. The van der Waals surface area contributed by atoms with E-state index in [2.05, 4.69) is 26.6 Å². The van der Waals surface area contributed by atoms with Crippen LogP contribution in [0.5, 0.6) is 0 Å². The number of ketones is 2. The van der Waals surface area contributed by atoms with Crippen molar-refractivity contribution in [1.82, 2.24) is 60.9 Å². The van der Waals surface area contributed by atoms with Crippen LogP contribution in [0.1, 0.15) is 234 Å². The van der Waals surface area contributed by atoms with Crippen LogP contribution in [0.4, 0.5) is 4.79 Å². The van der Waals surface area contributed by atoms with Gasteiger partial charge in [0.05, 0.1) is 19.1 Å². The topological polar surface area (TPSA) is 476 Å². The molecule has 5 rings (SSSR count). The summed E-state index contributed by atoms with van der Waals surface area (Å²) in [6.45, 7) is 30.5. The lowest BCUT2D eigenvalue weighted by atomic mass is 9.46. The summed E-state index contributed by atoms with van der Waals surface area (Å²) in [7, 11) is 9.47. The normalized spacial score (nSPS) is 29.3. The molecule has 1 heterocycles. The van der Waals surface area contributed by atoms with Crippen molar-refractivity contribution in [3.05, 3.63) is 36.0 Å². The summed E-state index contributed by atoms with van der Waals surface area (Å²) < 4.78 is 22.0. The van der Waals surface area contributed by atoms with Gasteiger partial charge in [-0.1, -0.05) is 135 Å². The number of ether oxygens (including phenoxy) is 4. The third-order valence-corrected chi connectivity index (χ3v) is 27.2. The Morgan fingerprint density at radius 3 is 1.72 bits per heavy atom. The molecule has 0 aromatic rings. The molecule has 0 aromatic carbocycles. The summed E-state index contributed by atoms with van der Waals surface area (Å²) in [6, 6.07) is -15.0. The van der Waals surface area contributed by atoms with Gasteiger partial charge in [-0.15, -0.1) is 0 Å².